The van der Waals surface area contributed by atoms with Gasteiger partial charge in [-0.25, -0.2) is 0 Å². The largest absolute Gasteiger partial charge is 0.277 e. The first kappa shape index (κ1) is 18.1. The molecular weight excluding hydrogens is 356 g/mol. The fraction of sp³-hybridized carbons (Fsp3) is 0.308. The Kier molecular flexibility index (Phi) is 3.62. The third-order valence-electron chi connectivity index (χ3n) is 6.02. The summed E-state index contributed by atoms with van der Waals surface area (Å²) < 4.78 is 0. The summed E-state index contributed by atoms with van der Waals surface area (Å²) in [5, 5.41) is 0.940. The molecule has 2 aromatic carbocycles. The summed E-state index contributed by atoms with van der Waals surface area (Å²) in [5.41, 5.74) is 6.94. The van der Waals surface area contributed by atoms with Gasteiger partial charge in [-0.2, -0.15) is 0 Å². The molecule has 3 aromatic rings. The highest BCUT2D eigenvalue weighted by Gasteiger charge is 2.42. The predicted molar refractivity (Wildman–Crippen MR) is 119 cm³/mol. The van der Waals surface area contributed by atoms with Crippen LogP contribution in [-0.4, -0.2) is 10.9 Å². The third kappa shape index (κ3) is 2.71. The average Bonchev–Trinajstić information content (AvgIpc) is 2.93. The Balaban J connectivity index is 1.74. The van der Waals surface area contributed by atoms with Crippen molar-refractivity contribution in [2.24, 2.45) is 5.41 Å². The van der Waals surface area contributed by atoms with Crippen molar-refractivity contribution < 1.29 is 4.79 Å². The van der Waals surface area contributed by atoms with Crippen LogP contribution >= 0.6 is 0 Å². The van der Waals surface area contributed by atoms with Gasteiger partial charge < -0.3 is 0 Å². The molecule has 0 spiro atoms. The lowest BCUT2D eigenvalue weighted by Gasteiger charge is -2.30. The molecule has 0 fully saturated rings. The monoisotopic (exact) mass is 382 g/mol. The number of benzene rings is 2. The van der Waals surface area contributed by atoms with Gasteiger partial charge in [-0.15, -0.1) is 0 Å². The topological polar surface area (TPSA) is 33.2 Å². The number of nitrogens with zero attached hydrogens (tertiary/aromatic N) is 2. The molecule has 29 heavy (non-hydrogen) atoms. The molecular formula is C26H26N2O. The standard InChI is InChI=1S/C26H26N2O/c1-25(2,3)16-10-12-17(13-11-16)28-21-15-26(4,5)14-20-23(21)22(24(28)29)18-8-6-7-9-19(18)27-20/h6-13,15H,14H2,1-5H3. The van der Waals surface area contributed by atoms with Crippen molar-refractivity contribution in [3.05, 3.63) is 77.0 Å². The van der Waals surface area contributed by atoms with Crippen molar-refractivity contribution in [1.29, 1.82) is 0 Å². The molecule has 3 heteroatoms. The molecule has 3 nitrogen and oxygen atoms in total. The van der Waals surface area contributed by atoms with E-state index in [0.29, 0.717) is 0 Å². The van der Waals surface area contributed by atoms with Gasteiger partial charge in [0.1, 0.15) is 0 Å². The van der Waals surface area contributed by atoms with Gasteiger partial charge in [-0.1, -0.05) is 71.0 Å². The molecule has 0 atom stereocenters. The summed E-state index contributed by atoms with van der Waals surface area (Å²) in [6.07, 6.45) is 3.09. The highest BCUT2D eigenvalue weighted by molar-refractivity contribution is 6.27. The van der Waals surface area contributed by atoms with Crippen molar-refractivity contribution in [3.8, 4) is 0 Å². The molecule has 1 aromatic heterocycles. The summed E-state index contributed by atoms with van der Waals surface area (Å²) in [4.78, 5) is 20.5. The summed E-state index contributed by atoms with van der Waals surface area (Å²) in [5.74, 6) is 0.0484. The van der Waals surface area contributed by atoms with Crippen LogP contribution in [0.25, 0.3) is 16.6 Å². The SMILES string of the molecule is CC1(C)C=C2c3c(nc4ccccc4c3C(=O)N2c2ccc(C(C)(C)C)cc2)C1. The van der Waals surface area contributed by atoms with E-state index in [4.69, 9.17) is 4.98 Å². The summed E-state index contributed by atoms with van der Waals surface area (Å²) in [7, 11) is 0. The Morgan fingerprint density at radius 1 is 0.966 bits per heavy atom. The maximum atomic E-state index is 13.7. The number of carbonyl (C=O) groups is 1. The number of hydrogen-bond acceptors (Lipinski definition) is 2. The van der Waals surface area contributed by atoms with Gasteiger partial charge >= 0.3 is 0 Å². The van der Waals surface area contributed by atoms with Crippen molar-refractivity contribution in [2.75, 3.05) is 4.90 Å². The van der Waals surface area contributed by atoms with E-state index in [0.717, 1.165) is 45.5 Å². The van der Waals surface area contributed by atoms with Gasteiger partial charge in [-0.3, -0.25) is 14.7 Å². The second kappa shape index (κ2) is 5.79. The maximum absolute atomic E-state index is 13.7. The molecule has 1 amide bonds. The van der Waals surface area contributed by atoms with Gasteiger partial charge in [0.05, 0.1) is 22.5 Å². The molecule has 2 heterocycles. The van der Waals surface area contributed by atoms with Crippen LogP contribution in [-0.2, 0) is 11.8 Å². The lowest BCUT2D eigenvalue weighted by atomic mass is 9.79. The van der Waals surface area contributed by atoms with Crippen LogP contribution in [0.2, 0.25) is 0 Å². The average molecular weight is 383 g/mol. The fourth-order valence-corrected chi connectivity index (χ4v) is 4.58. The molecule has 0 bridgehead atoms. The molecule has 1 aliphatic carbocycles. The summed E-state index contributed by atoms with van der Waals surface area (Å²) >= 11 is 0. The van der Waals surface area contributed by atoms with Crippen molar-refractivity contribution >= 4 is 28.2 Å². The minimum absolute atomic E-state index is 0.0484. The molecule has 0 saturated heterocycles. The first-order chi connectivity index (χ1) is 13.7. The van der Waals surface area contributed by atoms with E-state index < -0.39 is 0 Å². The minimum atomic E-state index is -0.0523. The zero-order valence-corrected chi connectivity index (χ0v) is 17.7. The summed E-state index contributed by atoms with van der Waals surface area (Å²) in [6, 6.07) is 16.4. The first-order valence-electron chi connectivity index (χ1n) is 10.3. The molecule has 2 aliphatic rings. The smallest absolute Gasteiger partial charge is 0.264 e. The summed E-state index contributed by atoms with van der Waals surface area (Å²) in [6.45, 7) is 11.0. The molecule has 0 unspecified atom stereocenters. The van der Waals surface area contributed by atoms with E-state index in [1.165, 1.54) is 5.56 Å². The van der Waals surface area contributed by atoms with Crippen molar-refractivity contribution in [1.82, 2.24) is 4.98 Å². The van der Waals surface area contributed by atoms with Crippen LogP contribution in [0.15, 0.2) is 54.6 Å². The Morgan fingerprint density at radius 2 is 1.66 bits per heavy atom. The number of amides is 1. The zero-order valence-electron chi connectivity index (χ0n) is 17.7. The highest BCUT2D eigenvalue weighted by Crippen LogP contribution is 2.47. The molecule has 1 aliphatic heterocycles. The normalized spacial score (nSPS) is 17.5. The molecule has 5 rings (SSSR count). The first-order valence-corrected chi connectivity index (χ1v) is 10.3. The number of rotatable bonds is 1. The number of hydrogen-bond donors (Lipinski definition) is 0. The number of aromatic nitrogens is 1. The second-order valence-electron chi connectivity index (χ2n) is 9.96. The maximum Gasteiger partial charge on any atom is 0.264 e. The van der Waals surface area contributed by atoms with E-state index in [2.05, 4.69) is 65.0 Å². The second-order valence-corrected chi connectivity index (χ2v) is 9.96. The van der Waals surface area contributed by atoms with Gasteiger partial charge in [0.25, 0.3) is 5.91 Å². The van der Waals surface area contributed by atoms with Crippen LogP contribution < -0.4 is 4.90 Å². The Bertz CT molecular complexity index is 1190. The van der Waals surface area contributed by atoms with Crippen molar-refractivity contribution in [3.63, 3.8) is 0 Å². The van der Waals surface area contributed by atoms with Crippen LogP contribution in [0.5, 0.6) is 0 Å². The van der Waals surface area contributed by atoms with Crippen LogP contribution in [0.1, 0.15) is 61.8 Å². The Labute approximate surface area is 172 Å². The van der Waals surface area contributed by atoms with E-state index >= 15 is 0 Å². The van der Waals surface area contributed by atoms with E-state index in [1.54, 1.807) is 0 Å². The van der Waals surface area contributed by atoms with E-state index in [1.807, 2.05) is 29.2 Å². The van der Waals surface area contributed by atoms with Gasteiger partial charge in [0, 0.05) is 16.6 Å². The van der Waals surface area contributed by atoms with Gasteiger partial charge in [0.2, 0.25) is 0 Å². The third-order valence-corrected chi connectivity index (χ3v) is 6.02. The zero-order chi connectivity index (χ0) is 20.6. The molecule has 146 valence electrons. The van der Waals surface area contributed by atoms with E-state index in [-0.39, 0.29) is 16.7 Å². The van der Waals surface area contributed by atoms with E-state index in [9.17, 15) is 4.79 Å². The quantitative estimate of drug-likeness (QED) is 0.508. The highest BCUT2D eigenvalue weighted by atomic mass is 16.2. The lowest BCUT2D eigenvalue weighted by molar-refractivity contribution is 0.101. The molecule has 0 N–H and O–H groups in total. The number of anilines is 1. The van der Waals surface area contributed by atoms with Crippen molar-refractivity contribution in [2.45, 2.75) is 46.5 Å². The Morgan fingerprint density at radius 3 is 2.34 bits per heavy atom. The molecule has 0 radical (unpaired) electrons. The Hall–Kier alpha value is -2.94. The van der Waals surface area contributed by atoms with Crippen LogP contribution in [0, 0.1) is 5.41 Å². The number of allylic oxidation sites excluding steroid dienone is 1. The number of carbonyl (C=O) groups excluding carboxylic acids is 1. The minimum Gasteiger partial charge on any atom is -0.277 e. The molecule has 0 saturated carbocycles. The van der Waals surface area contributed by atoms with Crippen LogP contribution in [0.4, 0.5) is 5.69 Å². The number of pyridine rings is 1. The lowest BCUT2D eigenvalue weighted by Crippen LogP contribution is -2.26. The number of para-hydroxylation sites is 1. The number of fused-ring (bicyclic) bond motifs is 2. The fourth-order valence-electron chi connectivity index (χ4n) is 4.58. The van der Waals surface area contributed by atoms with Gasteiger partial charge in [0.15, 0.2) is 0 Å². The predicted octanol–water partition coefficient (Wildman–Crippen LogP) is 6.12. The van der Waals surface area contributed by atoms with Crippen LogP contribution in [0.3, 0.4) is 0 Å². The van der Waals surface area contributed by atoms with Gasteiger partial charge in [-0.05, 0) is 41.0 Å².